The van der Waals surface area contributed by atoms with Crippen LogP contribution in [-0.2, 0) is 9.59 Å². The Hall–Kier alpha value is -1.93. The van der Waals surface area contributed by atoms with Crippen LogP contribution in [0.5, 0.6) is 0 Å². The molecule has 3 rings (SSSR count). The third-order valence-electron chi connectivity index (χ3n) is 4.53. The van der Waals surface area contributed by atoms with Gasteiger partial charge in [0.2, 0.25) is 5.91 Å². The lowest BCUT2D eigenvalue weighted by atomic mass is 9.88. The predicted octanol–water partition coefficient (Wildman–Crippen LogP) is 4.02. The summed E-state index contributed by atoms with van der Waals surface area (Å²) in [5.41, 5.74) is 0.866. The zero-order chi connectivity index (χ0) is 18.4. The monoisotopic (exact) mass is 391 g/mol. The molecule has 2 heterocycles. The van der Waals surface area contributed by atoms with Crippen LogP contribution in [0.3, 0.4) is 0 Å². The number of aromatic nitrogens is 2. The minimum atomic E-state index is -0.872. The van der Waals surface area contributed by atoms with Crippen molar-refractivity contribution in [3.8, 4) is 0 Å². The number of hydrogen-bond acceptors (Lipinski definition) is 6. The highest BCUT2D eigenvalue weighted by Gasteiger charge is 2.27. The molecular weight excluding hydrogens is 370 g/mol. The van der Waals surface area contributed by atoms with Gasteiger partial charge >= 0.3 is 5.97 Å². The van der Waals surface area contributed by atoms with Gasteiger partial charge in [0.05, 0.1) is 16.7 Å². The average molecular weight is 392 g/mol. The SMILES string of the molecule is O=C(O)CSc1ccc(C(CC2CCCC2)C(=O)Nc2nccs2)cn1. The Morgan fingerprint density at radius 2 is 2.12 bits per heavy atom. The van der Waals surface area contributed by atoms with Crippen molar-refractivity contribution >= 4 is 40.1 Å². The minimum Gasteiger partial charge on any atom is -0.481 e. The zero-order valence-electron chi connectivity index (χ0n) is 14.3. The number of carboxylic acid groups (broad SMARTS) is 1. The van der Waals surface area contributed by atoms with E-state index in [0.717, 1.165) is 12.0 Å². The van der Waals surface area contributed by atoms with E-state index in [1.54, 1.807) is 18.5 Å². The van der Waals surface area contributed by atoms with E-state index in [2.05, 4.69) is 15.3 Å². The van der Waals surface area contributed by atoms with Crippen LogP contribution in [0.4, 0.5) is 5.13 Å². The Kier molecular flexibility index (Phi) is 6.62. The number of carbonyl (C=O) groups excluding carboxylic acids is 1. The molecule has 0 saturated heterocycles. The molecule has 26 heavy (non-hydrogen) atoms. The van der Waals surface area contributed by atoms with Crippen molar-refractivity contribution in [3.63, 3.8) is 0 Å². The summed E-state index contributed by atoms with van der Waals surface area (Å²) in [5, 5.41) is 14.8. The van der Waals surface area contributed by atoms with Gasteiger partial charge in [-0.25, -0.2) is 9.97 Å². The zero-order valence-corrected chi connectivity index (χ0v) is 15.9. The number of carbonyl (C=O) groups is 2. The van der Waals surface area contributed by atoms with E-state index in [-0.39, 0.29) is 17.6 Å². The Morgan fingerprint density at radius 1 is 1.31 bits per heavy atom. The molecule has 1 aliphatic carbocycles. The van der Waals surface area contributed by atoms with Crippen molar-refractivity contribution in [3.05, 3.63) is 35.5 Å². The summed E-state index contributed by atoms with van der Waals surface area (Å²) in [4.78, 5) is 32.0. The number of hydrogen-bond donors (Lipinski definition) is 2. The third kappa shape index (κ3) is 5.28. The van der Waals surface area contributed by atoms with E-state index in [1.807, 2.05) is 11.4 Å². The Balaban J connectivity index is 1.73. The Bertz CT molecular complexity index is 729. The van der Waals surface area contributed by atoms with Crippen LogP contribution in [0, 0.1) is 5.92 Å². The molecule has 138 valence electrons. The first-order valence-electron chi connectivity index (χ1n) is 8.62. The normalized spacial score (nSPS) is 15.7. The molecule has 2 aromatic rings. The standard InChI is InChI=1S/C18H21N3O3S2/c22-16(23)11-26-15-6-5-13(10-20-15)14(9-12-3-1-2-4-12)17(24)21-18-19-7-8-25-18/h5-8,10,12,14H,1-4,9,11H2,(H,22,23)(H,19,21,24). The molecule has 0 radical (unpaired) electrons. The number of rotatable bonds is 8. The van der Waals surface area contributed by atoms with Gasteiger partial charge in [0.25, 0.3) is 0 Å². The first-order chi connectivity index (χ1) is 12.6. The second-order valence-electron chi connectivity index (χ2n) is 6.38. The van der Waals surface area contributed by atoms with Crippen LogP contribution in [-0.4, -0.2) is 32.7 Å². The minimum absolute atomic E-state index is 0.0254. The van der Waals surface area contributed by atoms with Gasteiger partial charge in [-0.05, 0) is 24.0 Å². The van der Waals surface area contributed by atoms with Gasteiger partial charge < -0.3 is 10.4 Å². The van der Waals surface area contributed by atoms with Crippen LogP contribution in [0.2, 0.25) is 0 Å². The van der Waals surface area contributed by atoms with Gasteiger partial charge in [0.15, 0.2) is 5.13 Å². The molecule has 0 aromatic carbocycles. The largest absolute Gasteiger partial charge is 0.481 e. The van der Waals surface area contributed by atoms with Crippen LogP contribution in [0.1, 0.15) is 43.6 Å². The molecule has 1 atom stereocenters. The molecule has 1 saturated carbocycles. The number of anilines is 1. The molecular formula is C18H21N3O3S2. The quantitative estimate of drug-likeness (QED) is 0.661. The van der Waals surface area contributed by atoms with Gasteiger partial charge in [-0.1, -0.05) is 43.5 Å². The molecule has 8 heteroatoms. The topological polar surface area (TPSA) is 92.2 Å². The summed E-state index contributed by atoms with van der Waals surface area (Å²) in [6, 6.07) is 3.68. The lowest BCUT2D eigenvalue weighted by Gasteiger charge is -2.20. The van der Waals surface area contributed by atoms with Crippen LogP contribution in [0.15, 0.2) is 34.9 Å². The van der Waals surface area contributed by atoms with Gasteiger partial charge in [0.1, 0.15) is 0 Å². The van der Waals surface area contributed by atoms with Crippen LogP contribution >= 0.6 is 23.1 Å². The summed E-state index contributed by atoms with van der Waals surface area (Å²) >= 11 is 2.58. The van der Waals surface area contributed by atoms with Crippen molar-refractivity contribution in [2.45, 2.75) is 43.0 Å². The fourth-order valence-corrected chi connectivity index (χ4v) is 4.37. The van der Waals surface area contributed by atoms with E-state index in [1.165, 1.54) is 48.8 Å². The maximum absolute atomic E-state index is 12.8. The molecule has 2 aromatic heterocycles. The fourth-order valence-electron chi connectivity index (χ4n) is 3.27. The van der Waals surface area contributed by atoms with Gasteiger partial charge in [0, 0.05) is 17.8 Å². The van der Waals surface area contributed by atoms with Crippen molar-refractivity contribution in [1.82, 2.24) is 9.97 Å². The average Bonchev–Trinajstić information content (AvgIpc) is 3.32. The first-order valence-corrected chi connectivity index (χ1v) is 10.5. The van der Waals surface area contributed by atoms with Crippen molar-refractivity contribution in [2.75, 3.05) is 11.1 Å². The molecule has 0 aliphatic heterocycles. The summed E-state index contributed by atoms with van der Waals surface area (Å²) < 4.78 is 0. The highest BCUT2D eigenvalue weighted by Crippen LogP contribution is 2.35. The second kappa shape index (κ2) is 9.14. The van der Waals surface area contributed by atoms with E-state index in [0.29, 0.717) is 16.1 Å². The smallest absolute Gasteiger partial charge is 0.313 e. The summed E-state index contributed by atoms with van der Waals surface area (Å²) in [6.07, 6.45) is 8.97. The molecule has 0 bridgehead atoms. The number of aliphatic carboxylic acids is 1. The van der Waals surface area contributed by atoms with E-state index >= 15 is 0 Å². The fraction of sp³-hybridized carbons (Fsp3) is 0.444. The van der Waals surface area contributed by atoms with Crippen LogP contribution in [0.25, 0.3) is 0 Å². The number of amides is 1. The summed E-state index contributed by atoms with van der Waals surface area (Å²) in [6.45, 7) is 0. The first kappa shape index (κ1) is 18.8. The molecule has 1 amide bonds. The number of thiazole rings is 1. The van der Waals surface area contributed by atoms with Gasteiger partial charge in [-0.3, -0.25) is 9.59 Å². The third-order valence-corrected chi connectivity index (χ3v) is 6.14. The molecule has 1 unspecified atom stereocenters. The maximum atomic E-state index is 12.8. The van der Waals surface area contributed by atoms with E-state index in [4.69, 9.17) is 5.11 Å². The Labute approximate surface area is 160 Å². The van der Waals surface area contributed by atoms with E-state index in [9.17, 15) is 9.59 Å². The highest BCUT2D eigenvalue weighted by molar-refractivity contribution is 7.99. The van der Waals surface area contributed by atoms with E-state index < -0.39 is 5.97 Å². The summed E-state index contributed by atoms with van der Waals surface area (Å²) in [7, 11) is 0. The number of nitrogens with one attached hydrogen (secondary N) is 1. The highest BCUT2D eigenvalue weighted by atomic mass is 32.2. The molecule has 2 N–H and O–H groups in total. The van der Waals surface area contributed by atoms with Crippen molar-refractivity contribution in [1.29, 1.82) is 0 Å². The van der Waals surface area contributed by atoms with Crippen LogP contribution < -0.4 is 5.32 Å². The summed E-state index contributed by atoms with van der Waals surface area (Å²) in [5.74, 6) is -0.666. The number of thioether (sulfide) groups is 1. The van der Waals surface area contributed by atoms with Gasteiger partial charge in [-0.2, -0.15) is 0 Å². The molecule has 0 spiro atoms. The second-order valence-corrected chi connectivity index (χ2v) is 8.27. The molecule has 6 nitrogen and oxygen atoms in total. The van der Waals surface area contributed by atoms with Gasteiger partial charge in [-0.15, -0.1) is 11.3 Å². The predicted molar refractivity (Wildman–Crippen MR) is 103 cm³/mol. The maximum Gasteiger partial charge on any atom is 0.313 e. The lowest BCUT2D eigenvalue weighted by molar-refractivity contribution is -0.133. The van der Waals surface area contributed by atoms with Crippen molar-refractivity contribution < 1.29 is 14.7 Å². The Morgan fingerprint density at radius 3 is 2.73 bits per heavy atom. The molecule has 1 fully saturated rings. The lowest BCUT2D eigenvalue weighted by Crippen LogP contribution is -2.23. The number of nitrogens with zero attached hydrogens (tertiary/aromatic N) is 2. The number of pyridine rings is 1. The molecule has 1 aliphatic rings. The van der Waals surface area contributed by atoms with Crippen molar-refractivity contribution in [2.24, 2.45) is 5.92 Å². The number of carboxylic acids is 1.